The van der Waals surface area contributed by atoms with Crippen LogP contribution in [0, 0.1) is 0 Å². The van der Waals surface area contributed by atoms with E-state index in [4.69, 9.17) is 9.88 Å². The number of para-hydroxylation sites is 1. The number of primary sulfonamides is 1. The molecule has 0 spiro atoms. The third-order valence-corrected chi connectivity index (χ3v) is 4.58. The number of rotatable bonds is 5. The maximum Gasteiger partial charge on any atom is 0.257 e. The number of aromatic nitrogens is 4. The van der Waals surface area contributed by atoms with Crippen molar-refractivity contribution in [1.82, 2.24) is 19.6 Å². The highest BCUT2D eigenvalue weighted by Gasteiger charge is 2.11. The first-order chi connectivity index (χ1) is 13.0. The predicted molar refractivity (Wildman–Crippen MR) is 98.4 cm³/mol. The lowest BCUT2D eigenvalue weighted by Crippen LogP contribution is -2.11. The zero-order valence-electron chi connectivity index (χ0n) is 13.9. The van der Waals surface area contributed by atoms with Crippen LogP contribution in [0.2, 0.25) is 0 Å². The summed E-state index contributed by atoms with van der Waals surface area (Å²) in [7, 11) is -3.74. The molecule has 0 aliphatic carbocycles. The molecule has 0 saturated heterocycles. The molecule has 0 bridgehead atoms. The smallest absolute Gasteiger partial charge is 0.257 e. The van der Waals surface area contributed by atoms with Crippen molar-refractivity contribution in [2.24, 2.45) is 5.14 Å². The van der Waals surface area contributed by atoms with E-state index in [9.17, 15) is 8.42 Å². The van der Waals surface area contributed by atoms with E-state index in [1.807, 2.05) is 30.3 Å². The number of hydrogen-bond donors (Lipinski definition) is 2. The molecule has 0 aliphatic rings. The second-order valence-electron chi connectivity index (χ2n) is 5.56. The molecule has 0 amide bonds. The molecule has 136 valence electrons. The van der Waals surface area contributed by atoms with E-state index in [-0.39, 0.29) is 4.90 Å². The summed E-state index contributed by atoms with van der Waals surface area (Å²) in [5.74, 6) is 1.88. The molecule has 0 radical (unpaired) electrons. The van der Waals surface area contributed by atoms with Crippen molar-refractivity contribution in [3.05, 3.63) is 67.0 Å². The Kier molecular flexibility index (Phi) is 4.18. The molecule has 3 N–H and O–H groups in total. The summed E-state index contributed by atoms with van der Waals surface area (Å²) in [6, 6.07) is 16.9. The van der Waals surface area contributed by atoms with Crippen molar-refractivity contribution < 1.29 is 13.2 Å². The van der Waals surface area contributed by atoms with Gasteiger partial charge in [0.1, 0.15) is 17.9 Å². The minimum Gasteiger partial charge on any atom is -0.439 e. The normalized spacial score (nSPS) is 11.4. The minimum absolute atomic E-state index is 0.0294. The SMILES string of the molecule is NS(=O)(=O)c1ccc(Nc2cc(Oc3ccccc3)nc3ncnn23)cc1. The van der Waals surface area contributed by atoms with Gasteiger partial charge >= 0.3 is 0 Å². The zero-order valence-corrected chi connectivity index (χ0v) is 14.7. The van der Waals surface area contributed by atoms with Gasteiger partial charge in [0, 0.05) is 11.8 Å². The van der Waals surface area contributed by atoms with Crippen LogP contribution in [-0.4, -0.2) is 28.0 Å². The highest BCUT2D eigenvalue weighted by molar-refractivity contribution is 7.89. The molecular weight excluding hydrogens is 368 g/mol. The molecular formula is C17H14N6O3S. The Morgan fingerprint density at radius 2 is 1.78 bits per heavy atom. The molecule has 0 unspecified atom stereocenters. The summed E-state index contributed by atoms with van der Waals surface area (Å²) in [4.78, 5) is 8.43. The second-order valence-corrected chi connectivity index (χ2v) is 7.12. The third-order valence-electron chi connectivity index (χ3n) is 3.65. The topological polar surface area (TPSA) is 124 Å². The molecule has 10 heteroatoms. The van der Waals surface area contributed by atoms with E-state index < -0.39 is 10.0 Å². The van der Waals surface area contributed by atoms with E-state index in [0.717, 1.165) is 0 Å². The van der Waals surface area contributed by atoms with Crippen LogP contribution in [-0.2, 0) is 10.0 Å². The van der Waals surface area contributed by atoms with Gasteiger partial charge in [-0.15, -0.1) is 0 Å². The highest BCUT2D eigenvalue weighted by Crippen LogP contribution is 2.25. The lowest BCUT2D eigenvalue weighted by Gasteiger charge is -2.11. The van der Waals surface area contributed by atoms with Crippen LogP contribution in [0.15, 0.2) is 71.9 Å². The number of nitrogens with one attached hydrogen (secondary N) is 1. The first-order valence-corrected chi connectivity index (χ1v) is 9.37. The summed E-state index contributed by atoms with van der Waals surface area (Å²) in [6.45, 7) is 0. The van der Waals surface area contributed by atoms with Gasteiger partial charge in [-0.1, -0.05) is 18.2 Å². The Bertz CT molecular complexity index is 1190. The number of hydrogen-bond acceptors (Lipinski definition) is 7. The van der Waals surface area contributed by atoms with Crippen molar-refractivity contribution >= 4 is 27.3 Å². The zero-order chi connectivity index (χ0) is 18.9. The molecule has 4 aromatic rings. The fraction of sp³-hybridized carbons (Fsp3) is 0. The van der Waals surface area contributed by atoms with Gasteiger partial charge in [0.05, 0.1) is 4.90 Å². The van der Waals surface area contributed by atoms with E-state index in [0.29, 0.717) is 28.9 Å². The van der Waals surface area contributed by atoms with Crippen LogP contribution in [0.5, 0.6) is 11.6 Å². The quantitative estimate of drug-likeness (QED) is 0.542. The number of fused-ring (bicyclic) bond motifs is 1. The van der Waals surface area contributed by atoms with Gasteiger partial charge < -0.3 is 10.1 Å². The van der Waals surface area contributed by atoms with Gasteiger partial charge in [0.2, 0.25) is 15.9 Å². The number of anilines is 2. The molecule has 4 rings (SSSR count). The Balaban J connectivity index is 1.67. The van der Waals surface area contributed by atoms with Crippen LogP contribution >= 0.6 is 0 Å². The van der Waals surface area contributed by atoms with Crippen molar-refractivity contribution in [3.63, 3.8) is 0 Å². The Labute approximate surface area is 154 Å². The molecule has 0 aliphatic heterocycles. The van der Waals surface area contributed by atoms with E-state index in [1.54, 1.807) is 18.2 Å². The third kappa shape index (κ3) is 3.71. The predicted octanol–water partition coefficient (Wildman–Crippen LogP) is 2.31. The highest BCUT2D eigenvalue weighted by atomic mass is 32.2. The summed E-state index contributed by atoms with van der Waals surface area (Å²) >= 11 is 0. The monoisotopic (exact) mass is 382 g/mol. The molecule has 9 nitrogen and oxygen atoms in total. The Morgan fingerprint density at radius 3 is 2.48 bits per heavy atom. The molecule has 2 heterocycles. The first kappa shape index (κ1) is 16.9. The van der Waals surface area contributed by atoms with E-state index in [1.165, 1.54) is 23.0 Å². The largest absolute Gasteiger partial charge is 0.439 e. The maximum absolute atomic E-state index is 11.4. The average Bonchev–Trinajstić information content (AvgIpc) is 3.11. The number of ether oxygens (including phenoxy) is 1. The van der Waals surface area contributed by atoms with Gasteiger partial charge in [-0.2, -0.15) is 19.6 Å². The van der Waals surface area contributed by atoms with Crippen molar-refractivity contribution in [2.45, 2.75) is 4.90 Å². The molecule has 0 atom stereocenters. The molecule has 2 aromatic carbocycles. The fourth-order valence-electron chi connectivity index (χ4n) is 2.42. The van der Waals surface area contributed by atoms with Crippen molar-refractivity contribution in [1.29, 1.82) is 0 Å². The van der Waals surface area contributed by atoms with Gasteiger partial charge in [-0.3, -0.25) is 0 Å². The van der Waals surface area contributed by atoms with Gasteiger partial charge in [-0.25, -0.2) is 13.6 Å². The fourth-order valence-corrected chi connectivity index (χ4v) is 2.93. The number of nitrogens with zero attached hydrogens (tertiary/aromatic N) is 4. The van der Waals surface area contributed by atoms with Crippen molar-refractivity contribution in [3.8, 4) is 11.6 Å². The molecule has 0 fully saturated rings. The van der Waals surface area contributed by atoms with Crippen LogP contribution in [0.3, 0.4) is 0 Å². The molecule has 27 heavy (non-hydrogen) atoms. The van der Waals surface area contributed by atoms with Crippen LogP contribution < -0.4 is 15.2 Å². The lowest BCUT2D eigenvalue weighted by molar-refractivity contribution is 0.463. The summed E-state index contributed by atoms with van der Waals surface area (Å²) in [6.07, 6.45) is 1.38. The molecule has 2 aromatic heterocycles. The minimum atomic E-state index is -3.74. The number of benzene rings is 2. The molecule has 0 saturated carbocycles. The summed E-state index contributed by atoms with van der Waals surface area (Å²) in [5, 5.41) is 12.4. The van der Waals surface area contributed by atoms with Gasteiger partial charge in [0.15, 0.2) is 0 Å². The van der Waals surface area contributed by atoms with Crippen LogP contribution in [0.4, 0.5) is 11.5 Å². The van der Waals surface area contributed by atoms with E-state index in [2.05, 4.69) is 20.4 Å². The Hall–Kier alpha value is -3.50. The van der Waals surface area contributed by atoms with Crippen LogP contribution in [0.1, 0.15) is 0 Å². The van der Waals surface area contributed by atoms with E-state index >= 15 is 0 Å². The van der Waals surface area contributed by atoms with Crippen molar-refractivity contribution in [2.75, 3.05) is 5.32 Å². The Morgan fingerprint density at radius 1 is 1.04 bits per heavy atom. The lowest BCUT2D eigenvalue weighted by atomic mass is 10.3. The number of nitrogens with two attached hydrogens (primary N) is 1. The number of sulfonamides is 1. The average molecular weight is 382 g/mol. The maximum atomic E-state index is 11.4. The standard InChI is InChI=1S/C17H14N6O3S/c18-27(24,25)14-8-6-12(7-9-14)21-15-10-16(22-17-19-11-20-23(15)17)26-13-4-2-1-3-5-13/h1-11,21H,(H2,18,24,25). The summed E-state index contributed by atoms with van der Waals surface area (Å²) in [5.41, 5.74) is 0.635. The van der Waals surface area contributed by atoms with Gasteiger partial charge in [0.25, 0.3) is 5.78 Å². The van der Waals surface area contributed by atoms with Crippen LogP contribution in [0.25, 0.3) is 5.78 Å². The second kappa shape index (κ2) is 6.67. The van der Waals surface area contributed by atoms with Gasteiger partial charge in [-0.05, 0) is 36.4 Å². The summed E-state index contributed by atoms with van der Waals surface area (Å²) < 4.78 is 30.0. The first-order valence-electron chi connectivity index (χ1n) is 7.83.